The normalized spacial score (nSPS) is 34.9. The van der Waals surface area contributed by atoms with E-state index in [0.29, 0.717) is 4.90 Å². The monoisotopic (exact) mass is 473 g/mol. The van der Waals surface area contributed by atoms with Gasteiger partial charge in [0.25, 0.3) is 0 Å². The van der Waals surface area contributed by atoms with Crippen LogP contribution in [-0.4, -0.2) is 75.8 Å². The summed E-state index contributed by atoms with van der Waals surface area (Å²) in [7, 11) is 0. The Balaban J connectivity index is 2.12. The molecule has 1 N–H and O–H groups in total. The summed E-state index contributed by atoms with van der Waals surface area (Å²) < 4.78 is 48.6. The number of rotatable bonds is 7. The Morgan fingerprint density at radius 3 is 2.25 bits per heavy atom. The topological polar surface area (TPSA) is 85.3 Å². The van der Waals surface area contributed by atoms with Crippen molar-refractivity contribution in [2.75, 3.05) is 19.7 Å². The number of hydrogen-bond donors (Lipinski definition) is 1. The van der Waals surface area contributed by atoms with Crippen LogP contribution < -0.4 is 0 Å². The maximum atomic E-state index is 16.3. The molecule has 2 aliphatic heterocycles. The molecular weight excluding hydrogens is 444 g/mol. The molecular formula is C22H29F2NO6S. The molecule has 10 heteroatoms. The molecule has 1 aromatic rings. The number of carbonyl (C=O) groups is 2. The van der Waals surface area contributed by atoms with Gasteiger partial charge in [0.05, 0.1) is 11.9 Å². The minimum atomic E-state index is -4.00. The van der Waals surface area contributed by atoms with E-state index >= 15 is 8.78 Å². The summed E-state index contributed by atoms with van der Waals surface area (Å²) in [6, 6.07) is 8.74. The average Bonchev–Trinajstić information content (AvgIpc) is 3.03. The first kappa shape index (κ1) is 24.7. The Bertz CT molecular complexity index is 869. The first-order chi connectivity index (χ1) is 15.0. The minimum absolute atomic E-state index is 0.184. The Kier molecular flexibility index (Phi) is 6.54. The number of aliphatic hydroxyl groups is 1. The van der Waals surface area contributed by atoms with E-state index in [1.54, 1.807) is 44.2 Å². The lowest BCUT2D eigenvalue weighted by Gasteiger charge is -2.48. The molecule has 2 bridgehead atoms. The SMILES string of the molecule is CCOC(=O)[C@]1(OC(=O)N(CC)CC)C(F)(F)[C@]2(C)O[C@@]1(C)[C@H](O)[C@H]2Sc1ccccc1. The number of carbonyl (C=O) groups excluding carboxylic acids is 2. The van der Waals surface area contributed by atoms with Gasteiger partial charge in [0.2, 0.25) is 0 Å². The number of amides is 1. The number of esters is 1. The number of fused-ring (bicyclic) bond motifs is 2. The predicted octanol–water partition coefficient (Wildman–Crippen LogP) is 3.49. The van der Waals surface area contributed by atoms with Crippen molar-refractivity contribution in [3.63, 3.8) is 0 Å². The molecule has 1 aromatic carbocycles. The van der Waals surface area contributed by atoms with Crippen molar-refractivity contribution < 1.29 is 37.7 Å². The average molecular weight is 474 g/mol. The lowest BCUT2D eigenvalue weighted by atomic mass is 9.66. The van der Waals surface area contributed by atoms with Crippen LogP contribution in [0.15, 0.2) is 35.2 Å². The molecule has 178 valence electrons. The Labute approximate surface area is 190 Å². The van der Waals surface area contributed by atoms with E-state index in [-0.39, 0.29) is 19.7 Å². The molecule has 0 unspecified atom stereocenters. The number of halogens is 2. The maximum Gasteiger partial charge on any atom is 0.411 e. The standard InChI is InChI=1S/C22H29F2NO6S/c1-6-25(7-2)18(28)30-21(17(27)29-8-3)19(4)15(26)16(20(5,31-19)22(21,23)24)32-14-12-10-9-11-13-14/h9-13,15-16,26H,6-8H2,1-5H3/t15-,16-,19+,20-,21-/m1/s1. The van der Waals surface area contributed by atoms with Gasteiger partial charge in [0, 0.05) is 18.0 Å². The highest BCUT2D eigenvalue weighted by Crippen LogP contribution is 2.68. The first-order valence-corrected chi connectivity index (χ1v) is 11.5. The summed E-state index contributed by atoms with van der Waals surface area (Å²) in [6.07, 6.45) is -2.67. The van der Waals surface area contributed by atoms with E-state index in [1.807, 2.05) is 0 Å². The summed E-state index contributed by atoms with van der Waals surface area (Å²) in [4.78, 5) is 27.7. The quantitative estimate of drug-likeness (QED) is 0.607. The largest absolute Gasteiger partial charge is 0.463 e. The van der Waals surface area contributed by atoms with Crippen LogP contribution in [-0.2, 0) is 19.0 Å². The van der Waals surface area contributed by atoms with Gasteiger partial charge in [0.15, 0.2) is 5.60 Å². The van der Waals surface area contributed by atoms with Crippen molar-refractivity contribution in [2.24, 2.45) is 0 Å². The molecule has 3 rings (SSSR count). The molecule has 0 spiro atoms. The number of ether oxygens (including phenoxy) is 3. The van der Waals surface area contributed by atoms with Crippen molar-refractivity contribution in [3.05, 3.63) is 30.3 Å². The summed E-state index contributed by atoms with van der Waals surface area (Å²) in [5.41, 5.74) is -7.72. The van der Waals surface area contributed by atoms with E-state index < -0.39 is 46.1 Å². The highest BCUT2D eigenvalue weighted by molar-refractivity contribution is 8.00. The van der Waals surface area contributed by atoms with Crippen LogP contribution in [0.1, 0.15) is 34.6 Å². The van der Waals surface area contributed by atoms with Crippen LogP contribution in [0, 0.1) is 0 Å². The van der Waals surface area contributed by atoms with Gasteiger partial charge in [-0.2, -0.15) is 8.78 Å². The van der Waals surface area contributed by atoms with Crippen molar-refractivity contribution in [3.8, 4) is 0 Å². The molecule has 5 atom stereocenters. The smallest absolute Gasteiger partial charge is 0.411 e. The van der Waals surface area contributed by atoms with E-state index in [9.17, 15) is 14.7 Å². The molecule has 2 heterocycles. The fourth-order valence-corrected chi connectivity index (χ4v) is 6.02. The van der Waals surface area contributed by atoms with Crippen LogP contribution >= 0.6 is 11.8 Å². The Hall–Kier alpha value is -1.91. The zero-order valence-corrected chi connectivity index (χ0v) is 19.6. The molecule has 7 nitrogen and oxygen atoms in total. The lowest BCUT2D eigenvalue weighted by molar-refractivity contribution is -0.243. The van der Waals surface area contributed by atoms with Gasteiger partial charge in [-0.1, -0.05) is 18.2 Å². The zero-order chi connectivity index (χ0) is 23.9. The second kappa shape index (κ2) is 8.46. The highest BCUT2D eigenvalue weighted by Gasteiger charge is 2.93. The van der Waals surface area contributed by atoms with E-state index in [1.165, 1.54) is 13.8 Å². The second-order valence-corrected chi connectivity index (χ2v) is 9.34. The van der Waals surface area contributed by atoms with Crippen LogP contribution in [0.25, 0.3) is 0 Å². The molecule has 0 aliphatic carbocycles. The fourth-order valence-electron chi connectivity index (χ4n) is 4.60. The van der Waals surface area contributed by atoms with Crippen LogP contribution in [0.3, 0.4) is 0 Å². The van der Waals surface area contributed by atoms with Crippen LogP contribution in [0.2, 0.25) is 0 Å². The Morgan fingerprint density at radius 2 is 1.72 bits per heavy atom. The maximum absolute atomic E-state index is 16.3. The number of thioether (sulfide) groups is 1. The van der Waals surface area contributed by atoms with Gasteiger partial charge in [-0.15, -0.1) is 11.8 Å². The number of nitrogens with zero attached hydrogens (tertiary/aromatic N) is 1. The van der Waals surface area contributed by atoms with Crippen LogP contribution in [0.4, 0.5) is 13.6 Å². The molecule has 2 fully saturated rings. The van der Waals surface area contributed by atoms with Crippen molar-refractivity contribution in [2.45, 2.75) is 73.6 Å². The fraction of sp³-hybridized carbons (Fsp3) is 0.636. The number of aliphatic hydroxyl groups excluding tert-OH is 1. The van der Waals surface area contributed by atoms with Crippen molar-refractivity contribution in [1.29, 1.82) is 0 Å². The molecule has 32 heavy (non-hydrogen) atoms. The molecule has 0 radical (unpaired) electrons. The number of benzene rings is 1. The molecule has 1 amide bonds. The number of alkyl halides is 2. The predicted molar refractivity (Wildman–Crippen MR) is 114 cm³/mol. The third-order valence-corrected chi connectivity index (χ3v) is 7.92. The van der Waals surface area contributed by atoms with E-state index in [4.69, 9.17) is 14.2 Å². The molecule has 0 aromatic heterocycles. The number of hydrogen-bond acceptors (Lipinski definition) is 7. The summed E-state index contributed by atoms with van der Waals surface area (Å²) in [5, 5.41) is 10.1. The van der Waals surface area contributed by atoms with Gasteiger partial charge < -0.3 is 24.2 Å². The van der Waals surface area contributed by atoms with E-state index in [0.717, 1.165) is 23.6 Å². The van der Waals surface area contributed by atoms with Gasteiger partial charge in [-0.05, 0) is 46.8 Å². The molecule has 2 saturated heterocycles. The second-order valence-electron chi connectivity index (χ2n) is 8.13. The third-order valence-electron chi connectivity index (χ3n) is 6.41. The van der Waals surface area contributed by atoms with E-state index in [2.05, 4.69) is 0 Å². The first-order valence-electron chi connectivity index (χ1n) is 10.6. The lowest BCUT2D eigenvalue weighted by Crippen LogP contribution is -2.77. The molecule has 2 aliphatic rings. The van der Waals surface area contributed by atoms with Gasteiger partial charge >= 0.3 is 23.6 Å². The summed E-state index contributed by atoms with van der Waals surface area (Å²) >= 11 is 1.02. The summed E-state index contributed by atoms with van der Waals surface area (Å²) in [5.74, 6) is -5.45. The van der Waals surface area contributed by atoms with Crippen LogP contribution in [0.5, 0.6) is 0 Å². The zero-order valence-electron chi connectivity index (χ0n) is 18.8. The summed E-state index contributed by atoms with van der Waals surface area (Å²) in [6.45, 7) is 7.23. The Morgan fingerprint density at radius 1 is 1.12 bits per heavy atom. The minimum Gasteiger partial charge on any atom is -0.463 e. The van der Waals surface area contributed by atoms with Gasteiger partial charge in [0.1, 0.15) is 11.7 Å². The highest BCUT2D eigenvalue weighted by atomic mass is 32.2. The van der Waals surface area contributed by atoms with Gasteiger partial charge in [-0.3, -0.25) is 0 Å². The van der Waals surface area contributed by atoms with Crippen molar-refractivity contribution in [1.82, 2.24) is 4.90 Å². The van der Waals surface area contributed by atoms with Crippen molar-refractivity contribution >= 4 is 23.8 Å². The molecule has 0 saturated carbocycles. The third kappa shape index (κ3) is 3.13. The van der Waals surface area contributed by atoms with Gasteiger partial charge in [-0.25, -0.2) is 9.59 Å².